The summed E-state index contributed by atoms with van der Waals surface area (Å²) >= 11 is 5.65. The molecule has 0 fully saturated rings. The molecular weight excluding hydrogens is 299 g/mol. The molecule has 0 heterocycles. The van der Waals surface area contributed by atoms with E-state index in [1.54, 1.807) is 4.72 Å². The standard InChI is InChI=1S/C10H10ClFN2O4S/c1-19(17,18)14-8(15)5-13-10(16)9-6(11)3-2-4-7(9)12/h2-4H,5H2,1H3,(H,13,16)(H,14,15). The molecule has 0 radical (unpaired) electrons. The SMILES string of the molecule is CS(=O)(=O)NC(=O)CNC(=O)c1c(F)cccc1Cl. The molecule has 0 aliphatic rings. The Morgan fingerprint density at radius 3 is 2.53 bits per heavy atom. The monoisotopic (exact) mass is 308 g/mol. The van der Waals surface area contributed by atoms with Gasteiger partial charge in [-0.2, -0.15) is 0 Å². The number of benzene rings is 1. The molecule has 0 saturated carbocycles. The van der Waals surface area contributed by atoms with Gasteiger partial charge in [0.15, 0.2) is 0 Å². The van der Waals surface area contributed by atoms with Crippen molar-refractivity contribution in [3.63, 3.8) is 0 Å². The van der Waals surface area contributed by atoms with E-state index in [0.29, 0.717) is 0 Å². The first-order chi connectivity index (χ1) is 8.70. The molecule has 0 bridgehead atoms. The number of amides is 2. The van der Waals surface area contributed by atoms with Gasteiger partial charge in [0.05, 0.1) is 23.4 Å². The van der Waals surface area contributed by atoms with Crippen LogP contribution in [0.15, 0.2) is 18.2 Å². The van der Waals surface area contributed by atoms with Crippen LogP contribution in [0.3, 0.4) is 0 Å². The fourth-order valence-electron chi connectivity index (χ4n) is 1.21. The van der Waals surface area contributed by atoms with Gasteiger partial charge in [-0.15, -0.1) is 0 Å². The van der Waals surface area contributed by atoms with E-state index in [9.17, 15) is 22.4 Å². The second-order valence-corrected chi connectivity index (χ2v) is 5.73. The summed E-state index contributed by atoms with van der Waals surface area (Å²) in [6.07, 6.45) is 0.792. The van der Waals surface area contributed by atoms with E-state index < -0.39 is 39.8 Å². The molecule has 1 aromatic rings. The summed E-state index contributed by atoms with van der Waals surface area (Å²) in [5.41, 5.74) is -0.406. The van der Waals surface area contributed by atoms with E-state index in [4.69, 9.17) is 11.6 Å². The number of halogens is 2. The quantitative estimate of drug-likeness (QED) is 0.836. The first-order valence-corrected chi connectivity index (χ1v) is 7.20. The molecule has 2 amide bonds. The van der Waals surface area contributed by atoms with Crippen molar-refractivity contribution in [3.8, 4) is 0 Å². The fourth-order valence-corrected chi connectivity index (χ4v) is 1.94. The van der Waals surface area contributed by atoms with Crippen molar-refractivity contribution < 1.29 is 22.4 Å². The van der Waals surface area contributed by atoms with E-state index in [2.05, 4.69) is 5.32 Å². The zero-order chi connectivity index (χ0) is 14.6. The Balaban J connectivity index is 2.69. The summed E-state index contributed by atoms with van der Waals surface area (Å²) in [7, 11) is -3.70. The summed E-state index contributed by atoms with van der Waals surface area (Å²) in [5, 5.41) is 1.95. The minimum absolute atomic E-state index is 0.110. The third kappa shape index (κ3) is 4.84. The van der Waals surface area contributed by atoms with Gasteiger partial charge < -0.3 is 5.32 Å². The van der Waals surface area contributed by atoms with Gasteiger partial charge in [-0.3, -0.25) is 14.3 Å². The largest absolute Gasteiger partial charge is 0.343 e. The average Bonchev–Trinajstić information content (AvgIpc) is 2.23. The van der Waals surface area contributed by atoms with Crippen LogP contribution < -0.4 is 10.0 Å². The summed E-state index contributed by atoms with van der Waals surface area (Å²) in [6.45, 7) is -0.615. The van der Waals surface area contributed by atoms with Crippen LogP contribution in [0.1, 0.15) is 10.4 Å². The summed E-state index contributed by atoms with van der Waals surface area (Å²) in [6, 6.07) is 3.68. The van der Waals surface area contributed by atoms with Crippen molar-refractivity contribution in [2.75, 3.05) is 12.8 Å². The maximum atomic E-state index is 13.4. The van der Waals surface area contributed by atoms with Gasteiger partial charge in [-0.05, 0) is 12.1 Å². The highest BCUT2D eigenvalue weighted by molar-refractivity contribution is 7.89. The number of hydrogen-bond acceptors (Lipinski definition) is 4. The Morgan fingerprint density at radius 2 is 2.00 bits per heavy atom. The fraction of sp³-hybridized carbons (Fsp3) is 0.200. The number of carbonyl (C=O) groups excluding carboxylic acids is 2. The van der Waals surface area contributed by atoms with Crippen LogP contribution in [0.5, 0.6) is 0 Å². The van der Waals surface area contributed by atoms with E-state index in [0.717, 1.165) is 12.3 Å². The van der Waals surface area contributed by atoms with Gasteiger partial charge in [0.1, 0.15) is 5.82 Å². The maximum absolute atomic E-state index is 13.4. The van der Waals surface area contributed by atoms with Crippen molar-refractivity contribution in [2.45, 2.75) is 0 Å². The molecule has 9 heteroatoms. The Hall–Kier alpha value is -1.67. The zero-order valence-electron chi connectivity index (χ0n) is 9.74. The van der Waals surface area contributed by atoms with Crippen molar-refractivity contribution >= 4 is 33.4 Å². The van der Waals surface area contributed by atoms with Gasteiger partial charge in [-0.1, -0.05) is 17.7 Å². The molecule has 0 atom stereocenters. The Kier molecular flexibility index (Phi) is 4.84. The lowest BCUT2D eigenvalue weighted by atomic mass is 10.2. The van der Waals surface area contributed by atoms with Crippen molar-refractivity contribution in [2.24, 2.45) is 0 Å². The highest BCUT2D eigenvalue weighted by Gasteiger charge is 2.17. The molecule has 1 aromatic carbocycles. The molecule has 104 valence electrons. The zero-order valence-corrected chi connectivity index (χ0v) is 11.3. The van der Waals surface area contributed by atoms with E-state index in [-0.39, 0.29) is 5.02 Å². The number of sulfonamides is 1. The summed E-state index contributed by atoms with van der Waals surface area (Å²) in [4.78, 5) is 22.7. The van der Waals surface area contributed by atoms with Gasteiger partial charge in [-0.25, -0.2) is 12.8 Å². The minimum Gasteiger partial charge on any atom is -0.343 e. The minimum atomic E-state index is -3.70. The lowest BCUT2D eigenvalue weighted by Gasteiger charge is -2.07. The number of rotatable bonds is 4. The van der Waals surface area contributed by atoms with Gasteiger partial charge in [0, 0.05) is 0 Å². The predicted octanol–water partition coefficient (Wildman–Crippen LogP) is 0.285. The van der Waals surface area contributed by atoms with Gasteiger partial charge in [0.2, 0.25) is 10.0 Å². The third-order valence-electron chi connectivity index (χ3n) is 1.90. The molecule has 0 spiro atoms. The topological polar surface area (TPSA) is 92.3 Å². The second kappa shape index (κ2) is 5.98. The molecule has 0 unspecified atom stereocenters. The number of nitrogens with one attached hydrogen (secondary N) is 2. The van der Waals surface area contributed by atoms with Crippen LogP contribution in [0.2, 0.25) is 5.02 Å². The highest BCUT2D eigenvalue weighted by atomic mass is 35.5. The Bertz CT molecular complexity index is 598. The summed E-state index contributed by atoms with van der Waals surface area (Å²) < 4.78 is 36.5. The van der Waals surface area contributed by atoms with E-state index in [1.165, 1.54) is 12.1 Å². The number of carbonyl (C=O) groups is 2. The summed E-state index contributed by atoms with van der Waals surface area (Å²) in [5.74, 6) is -2.69. The molecule has 1 rings (SSSR count). The molecule has 19 heavy (non-hydrogen) atoms. The van der Waals surface area contributed by atoms with Crippen LogP contribution in [0, 0.1) is 5.82 Å². The van der Waals surface area contributed by atoms with Crippen molar-refractivity contribution in [1.29, 1.82) is 0 Å². The molecule has 6 nitrogen and oxygen atoms in total. The van der Waals surface area contributed by atoms with E-state index >= 15 is 0 Å². The first-order valence-electron chi connectivity index (χ1n) is 4.93. The lowest BCUT2D eigenvalue weighted by Crippen LogP contribution is -2.39. The van der Waals surface area contributed by atoms with E-state index in [1.807, 2.05) is 0 Å². The van der Waals surface area contributed by atoms with Crippen LogP contribution in [-0.2, 0) is 14.8 Å². The van der Waals surface area contributed by atoms with Crippen LogP contribution in [-0.4, -0.2) is 33.0 Å². The normalized spacial score (nSPS) is 10.9. The Morgan fingerprint density at radius 1 is 1.37 bits per heavy atom. The molecule has 0 aliphatic carbocycles. The van der Waals surface area contributed by atoms with Crippen LogP contribution in [0.4, 0.5) is 4.39 Å². The van der Waals surface area contributed by atoms with Crippen molar-refractivity contribution in [1.82, 2.24) is 10.0 Å². The van der Waals surface area contributed by atoms with Gasteiger partial charge >= 0.3 is 0 Å². The molecule has 0 aliphatic heterocycles. The second-order valence-electron chi connectivity index (χ2n) is 3.58. The maximum Gasteiger partial charge on any atom is 0.256 e. The van der Waals surface area contributed by atoms with Gasteiger partial charge in [0.25, 0.3) is 11.8 Å². The smallest absolute Gasteiger partial charge is 0.256 e. The molecule has 0 aromatic heterocycles. The van der Waals surface area contributed by atoms with Crippen LogP contribution >= 0.6 is 11.6 Å². The first kappa shape index (κ1) is 15.4. The highest BCUT2D eigenvalue weighted by Crippen LogP contribution is 2.18. The lowest BCUT2D eigenvalue weighted by molar-refractivity contribution is -0.118. The number of hydrogen-bond donors (Lipinski definition) is 2. The van der Waals surface area contributed by atoms with Crippen LogP contribution in [0.25, 0.3) is 0 Å². The molecular formula is C10H10ClFN2O4S. The predicted molar refractivity (Wildman–Crippen MR) is 66.7 cm³/mol. The third-order valence-corrected chi connectivity index (χ3v) is 2.81. The molecule has 2 N–H and O–H groups in total. The molecule has 0 saturated heterocycles. The van der Waals surface area contributed by atoms with Crippen molar-refractivity contribution in [3.05, 3.63) is 34.6 Å². The average molecular weight is 309 g/mol. The Labute approximate surface area is 114 Å².